The fraction of sp³-hybridized carbons (Fsp3) is 0.222. The predicted octanol–water partition coefficient (Wildman–Crippen LogP) is 3.78. The number of nitrogens with zero attached hydrogens (tertiary/aromatic N) is 1. The van der Waals surface area contributed by atoms with Gasteiger partial charge >= 0.3 is 0 Å². The smallest absolute Gasteiger partial charge is 0.255 e. The van der Waals surface area contributed by atoms with Crippen LogP contribution in [0.4, 0.5) is 11.4 Å². The molecule has 0 bridgehead atoms. The van der Waals surface area contributed by atoms with Crippen LogP contribution in [0.3, 0.4) is 0 Å². The maximum atomic E-state index is 12.4. The number of rotatable bonds is 4. The molecule has 0 aliphatic carbocycles. The van der Waals surface area contributed by atoms with Crippen LogP contribution in [-0.2, 0) is 5.41 Å². The minimum atomic E-state index is -0.623. The van der Waals surface area contributed by atoms with Crippen molar-refractivity contribution >= 4 is 17.3 Å². The number of nitriles is 1. The molecular formula is C18H19N3O. The zero-order valence-electron chi connectivity index (χ0n) is 13.0. The van der Waals surface area contributed by atoms with Crippen molar-refractivity contribution in [2.24, 2.45) is 0 Å². The second kappa shape index (κ2) is 6.31. The Morgan fingerprint density at radius 1 is 1.09 bits per heavy atom. The van der Waals surface area contributed by atoms with Crippen molar-refractivity contribution in [1.29, 1.82) is 5.26 Å². The van der Waals surface area contributed by atoms with Gasteiger partial charge in [-0.3, -0.25) is 4.79 Å². The van der Waals surface area contributed by atoms with E-state index in [-0.39, 0.29) is 5.91 Å². The third kappa shape index (κ3) is 3.44. The van der Waals surface area contributed by atoms with E-state index in [1.54, 1.807) is 18.2 Å². The van der Waals surface area contributed by atoms with Crippen LogP contribution < -0.4 is 10.6 Å². The molecule has 4 nitrogen and oxygen atoms in total. The Morgan fingerprint density at radius 3 is 2.45 bits per heavy atom. The summed E-state index contributed by atoms with van der Waals surface area (Å²) < 4.78 is 0. The standard InChI is InChI=1S/C18H19N3O/c1-18(2,12-19)14-7-4-6-13(10-14)17(22)21-16-9-5-8-15(11-16)20-3/h4-11,20H,1-3H3,(H,21,22). The van der Waals surface area contributed by atoms with E-state index in [0.717, 1.165) is 16.9 Å². The molecule has 0 spiro atoms. The van der Waals surface area contributed by atoms with Crippen LogP contribution in [0, 0.1) is 11.3 Å². The summed E-state index contributed by atoms with van der Waals surface area (Å²) in [6, 6.07) is 16.9. The van der Waals surface area contributed by atoms with Crippen molar-refractivity contribution in [2.75, 3.05) is 17.7 Å². The van der Waals surface area contributed by atoms with Gasteiger partial charge in [0.15, 0.2) is 0 Å². The fourth-order valence-corrected chi connectivity index (χ4v) is 2.07. The molecule has 0 unspecified atom stereocenters. The van der Waals surface area contributed by atoms with Crippen LogP contribution in [0.15, 0.2) is 48.5 Å². The molecule has 2 N–H and O–H groups in total. The number of anilines is 2. The molecule has 0 aromatic heterocycles. The lowest BCUT2D eigenvalue weighted by molar-refractivity contribution is 0.102. The molecule has 112 valence electrons. The first kappa shape index (κ1) is 15.6. The van der Waals surface area contributed by atoms with Crippen LogP contribution in [-0.4, -0.2) is 13.0 Å². The van der Waals surface area contributed by atoms with Gasteiger partial charge in [0.1, 0.15) is 0 Å². The lowest BCUT2D eigenvalue weighted by Gasteiger charge is -2.16. The molecule has 22 heavy (non-hydrogen) atoms. The van der Waals surface area contributed by atoms with Crippen molar-refractivity contribution in [1.82, 2.24) is 0 Å². The molecule has 0 aliphatic rings. The second-order valence-corrected chi connectivity index (χ2v) is 5.60. The Hall–Kier alpha value is -2.80. The monoisotopic (exact) mass is 293 g/mol. The largest absolute Gasteiger partial charge is 0.388 e. The van der Waals surface area contributed by atoms with Crippen molar-refractivity contribution in [3.8, 4) is 6.07 Å². The minimum absolute atomic E-state index is 0.191. The summed E-state index contributed by atoms with van der Waals surface area (Å²) in [6.07, 6.45) is 0. The summed E-state index contributed by atoms with van der Waals surface area (Å²) >= 11 is 0. The van der Waals surface area contributed by atoms with Crippen molar-refractivity contribution in [3.05, 3.63) is 59.7 Å². The molecule has 0 saturated heterocycles. The Balaban J connectivity index is 2.23. The van der Waals surface area contributed by atoms with Gasteiger partial charge in [0, 0.05) is 24.0 Å². The molecule has 0 fully saturated rings. The number of carbonyl (C=O) groups is 1. The first-order valence-corrected chi connectivity index (χ1v) is 7.07. The maximum absolute atomic E-state index is 12.4. The third-order valence-corrected chi connectivity index (χ3v) is 3.54. The van der Waals surface area contributed by atoms with Gasteiger partial charge in [-0.25, -0.2) is 0 Å². The maximum Gasteiger partial charge on any atom is 0.255 e. The topological polar surface area (TPSA) is 64.9 Å². The van der Waals surface area contributed by atoms with Crippen LogP contribution in [0.25, 0.3) is 0 Å². The highest BCUT2D eigenvalue weighted by Gasteiger charge is 2.20. The normalized spacial score (nSPS) is 10.6. The molecule has 2 aromatic rings. The van der Waals surface area contributed by atoms with Gasteiger partial charge < -0.3 is 10.6 Å². The van der Waals surface area contributed by atoms with E-state index in [2.05, 4.69) is 16.7 Å². The van der Waals surface area contributed by atoms with Gasteiger partial charge in [-0.2, -0.15) is 5.26 Å². The molecule has 0 saturated carbocycles. The summed E-state index contributed by atoms with van der Waals surface area (Å²) in [4.78, 5) is 12.4. The van der Waals surface area contributed by atoms with Crippen LogP contribution in [0.1, 0.15) is 29.8 Å². The van der Waals surface area contributed by atoms with Gasteiger partial charge in [0.2, 0.25) is 0 Å². The van der Waals surface area contributed by atoms with Crippen molar-refractivity contribution in [2.45, 2.75) is 19.3 Å². The second-order valence-electron chi connectivity index (χ2n) is 5.60. The Morgan fingerprint density at radius 2 is 1.77 bits per heavy atom. The molecule has 0 aliphatic heterocycles. The minimum Gasteiger partial charge on any atom is -0.388 e. The van der Waals surface area contributed by atoms with E-state index in [9.17, 15) is 10.1 Å². The van der Waals surface area contributed by atoms with Crippen LogP contribution >= 0.6 is 0 Å². The molecule has 0 radical (unpaired) electrons. The zero-order valence-corrected chi connectivity index (χ0v) is 13.0. The van der Waals surface area contributed by atoms with Gasteiger partial charge in [-0.15, -0.1) is 0 Å². The molecule has 4 heteroatoms. The lowest BCUT2D eigenvalue weighted by Crippen LogP contribution is -2.17. The van der Waals surface area contributed by atoms with Gasteiger partial charge in [0.25, 0.3) is 5.91 Å². The Labute approximate surface area is 130 Å². The highest BCUT2D eigenvalue weighted by Crippen LogP contribution is 2.23. The SMILES string of the molecule is CNc1cccc(NC(=O)c2cccc(C(C)(C)C#N)c2)c1. The predicted molar refractivity (Wildman–Crippen MR) is 89.0 cm³/mol. The lowest BCUT2D eigenvalue weighted by atomic mass is 9.85. The number of amides is 1. The van der Waals surface area contributed by atoms with Gasteiger partial charge in [0.05, 0.1) is 11.5 Å². The molecule has 2 rings (SSSR count). The van der Waals surface area contributed by atoms with E-state index in [1.165, 1.54) is 0 Å². The van der Waals surface area contributed by atoms with E-state index >= 15 is 0 Å². The average molecular weight is 293 g/mol. The van der Waals surface area contributed by atoms with E-state index in [1.807, 2.05) is 51.2 Å². The summed E-state index contributed by atoms with van der Waals surface area (Å²) in [5.74, 6) is -0.191. The van der Waals surface area contributed by atoms with E-state index in [4.69, 9.17) is 0 Å². The van der Waals surface area contributed by atoms with E-state index in [0.29, 0.717) is 5.56 Å². The summed E-state index contributed by atoms with van der Waals surface area (Å²) in [5.41, 5.74) is 2.39. The Kier molecular flexibility index (Phi) is 4.47. The number of hydrogen-bond donors (Lipinski definition) is 2. The number of nitrogens with one attached hydrogen (secondary N) is 2. The summed E-state index contributed by atoms with van der Waals surface area (Å²) in [7, 11) is 1.83. The summed E-state index contributed by atoms with van der Waals surface area (Å²) in [5, 5.41) is 15.1. The molecule has 2 aromatic carbocycles. The first-order valence-electron chi connectivity index (χ1n) is 7.07. The quantitative estimate of drug-likeness (QED) is 0.901. The van der Waals surface area contributed by atoms with Crippen molar-refractivity contribution in [3.63, 3.8) is 0 Å². The molecule has 0 heterocycles. The molecule has 1 amide bonds. The Bertz CT molecular complexity index is 729. The van der Waals surface area contributed by atoms with Gasteiger partial charge in [-0.05, 0) is 49.7 Å². The highest BCUT2D eigenvalue weighted by atomic mass is 16.1. The summed E-state index contributed by atoms with van der Waals surface area (Å²) in [6.45, 7) is 3.67. The number of benzene rings is 2. The van der Waals surface area contributed by atoms with Crippen LogP contribution in [0.5, 0.6) is 0 Å². The first-order chi connectivity index (χ1) is 10.5. The average Bonchev–Trinajstić information content (AvgIpc) is 2.55. The van der Waals surface area contributed by atoms with Crippen LogP contribution in [0.2, 0.25) is 0 Å². The van der Waals surface area contributed by atoms with Gasteiger partial charge in [-0.1, -0.05) is 18.2 Å². The number of carbonyl (C=O) groups excluding carboxylic acids is 1. The number of hydrogen-bond acceptors (Lipinski definition) is 3. The molecule has 0 atom stereocenters. The van der Waals surface area contributed by atoms with Crippen molar-refractivity contribution < 1.29 is 4.79 Å². The fourth-order valence-electron chi connectivity index (χ4n) is 2.07. The van der Waals surface area contributed by atoms with E-state index < -0.39 is 5.41 Å². The zero-order chi connectivity index (χ0) is 16.2. The highest BCUT2D eigenvalue weighted by molar-refractivity contribution is 6.04. The third-order valence-electron chi connectivity index (χ3n) is 3.54. The molecular weight excluding hydrogens is 274 g/mol.